The van der Waals surface area contributed by atoms with Crippen molar-refractivity contribution in [2.24, 2.45) is 0 Å². The molecule has 0 aliphatic heterocycles. The minimum atomic E-state index is -0.500. The van der Waals surface area contributed by atoms with Crippen LogP contribution in [0.15, 0.2) is 65.5 Å². The molecule has 0 saturated heterocycles. The van der Waals surface area contributed by atoms with Crippen molar-refractivity contribution < 1.29 is 14.3 Å². The summed E-state index contributed by atoms with van der Waals surface area (Å²) in [7, 11) is 3.74. The Kier molecular flexibility index (Phi) is 10.6. The third-order valence-corrected chi connectivity index (χ3v) is 4.58. The number of carbonyl (C=O) groups is 2. The Balaban J connectivity index is 0.000000269. The molecule has 0 saturated carbocycles. The van der Waals surface area contributed by atoms with E-state index >= 15 is 0 Å². The maximum atomic E-state index is 11.7. The van der Waals surface area contributed by atoms with Gasteiger partial charge in [-0.15, -0.1) is 0 Å². The molecule has 2 amide bonds. The first-order valence-corrected chi connectivity index (χ1v) is 11.2. The molecule has 1 aromatic heterocycles. The standard InChI is InChI=1S/C15H17N3O3.C11H16N2O/c1-3-21-15(20)16-13-6-4-5-12(9-13)10-18-14(19)8-7-11(2)17-18;1-9-4-6-10(7-5-9)12-11(14)8-13(2)3/h4-9H,3,10H2,1-2H3,(H,16,20);4-7H,8H2,1-3H3,(H,12,14). The summed E-state index contributed by atoms with van der Waals surface area (Å²) >= 11 is 0. The fourth-order valence-electron chi connectivity index (χ4n) is 2.99. The minimum Gasteiger partial charge on any atom is -0.450 e. The van der Waals surface area contributed by atoms with E-state index in [-0.39, 0.29) is 11.5 Å². The van der Waals surface area contributed by atoms with E-state index in [9.17, 15) is 14.4 Å². The molecule has 0 fully saturated rings. The molecule has 186 valence electrons. The van der Waals surface area contributed by atoms with Gasteiger partial charge in [-0.05, 0) is 70.8 Å². The SMILES string of the molecule is CCOC(=O)Nc1cccc(Cn2nc(C)ccc2=O)c1.Cc1ccc(NC(=O)CN(C)C)cc1. The van der Waals surface area contributed by atoms with Crippen LogP contribution in [-0.2, 0) is 16.1 Å². The lowest BCUT2D eigenvalue weighted by Crippen LogP contribution is -2.27. The summed E-state index contributed by atoms with van der Waals surface area (Å²) in [6.07, 6.45) is -0.500. The second kappa shape index (κ2) is 13.7. The molecule has 9 nitrogen and oxygen atoms in total. The van der Waals surface area contributed by atoms with Crippen molar-refractivity contribution in [3.63, 3.8) is 0 Å². The van der Waals surface area contributed by atoms with Crippen LogP contribution in [0.1, 0.15) is 23.7 Å². The van der Waals surface area contributed by atoms with Crippen molar-refractivity contribution >= 4 is 23.4 Å². The summed E-state index contributed by atoms with van der Waals surface area (Å²) in [4.78, 5) is 36.3. The third-order valence-electron chi connectivity index (χ3n) is 4.58. The molecule has 0 unspecified atom stereocenters. The molecule has 2 aromatic carbocycles. The molecule has 35 heavy (non-hydrogen) atoms. The number of amides is 2. The van der Waals surface area contributed by atoms with E-state index in [1.807, 2.05) is 63.2 Å². The van der Waals surface area contributed by atoms with Gasteiger partial charge in [0, 0.05) is 17.4 Å². The van der Waals surface area contributed by atoms with Crippen molar-refractivity contribution in [3.05, 3.63) is 87.8 Å². The molecule has 0 aliphatic rings. The lowest BCUT2D eigenvalue weighted by Gasteiger charge is -2.09. The smallest absolute Gasteiger partial charge is 0.411 e. The molecule has 3 rings (SSSR count). The number of nitrogens with one attached hydrogen (secondary N) is 2. The first-order valence-electron chi connectivity index (χ1n) is 11.2. The summed E-state index contributed by atoms with van der Waals surface area (Å²) < 4.78 is 6.21. The summed E-state index contributed by atoms with van der Waals surface area (Å²) in [6.45, 7) is 6.66. The van der Waals surface area contributed by atoms with Crippen LogP contribution in [0.25, 0.3) is 0 Å². The quantitative estimate of drug-likeness (QED) is 0.536. The monoisotopic (exact) mass is 479 g/mol. The highest BCUT2D eigenvalue weighted by Crippen LogP contribution is 2.12. The van der Waals surface area contributed by atoms with Gasteiger partial charge in [0.15, 0.2) is 0 Å². The second-order valence-electron chi connectivity index (χ2n) is 8.17. The third kappa shape index (κ3) is 10.2. The van der Waals surface area contributed by atoms with E-state index < -0.39 is 6.09 Å². The van der Waals surface area contributed by atoms with Crippen LogP contribution in [0.3, 0.4) is 0 Å². The molecule has 0 aliphatic carbocycles. The Morgan fingerprint density at radius 3 is 2.34 bits per heavy atom. The van der Waals surface area contributed by atoms with E-state index in [2.05, 4.69) is 15.7 Å². The average molecular weight is 480 g/mol. The van der Waals surface area contributed by atoms with Crippen LogP contribution in [0, 0.1) is 13.8 Å². The number of hydrogen-bond acceptors (Lipinski definition) is 6. The van der Waals surface area contributed by atoms with Crippen LogP contribution < -0.4 is 16.2 Å². The van der Waals surface area contributed by atoms with Crippen molar-refractivity contribution in [2.75, 3.05) is 37.9 Å². The fraction of sp³-hybridized carbons (Fsp3) is 0.308. The normalized spacial score (nSPS) is 10.2. The topological polar surface area (TPSA) is 106 Å². The van der Waals surface area contributed by atoms with Crippen molar-refractivity contribution in [1.29, 1.82) is 0 Å². The number of likely N-dealkylation sites (N-methyl/N-ethyl adjacent to an activating group) is 1. The van der Waals surface area contributed by atoms with Crippen molar-refractivity contribution in [2.45, 2.75) is 27.3 Å². The number of rotatable bonds is 7. The van der Waals surface area contributed by atoms with Gasteiger partial charge in [0.25, 0.3) is 5.56 Å². The molecular weight excluding hydrogens is 446 g/mol. The van der Waals surface area contributed by atoms with Crippen LogP contribution in [-0.4, -0.2) is 53.9 Å². The molecule has 0 spiro atoms. The fourth-order valence-corrected chi connectivity index (χ4v) is 2.99. The highest BCUT2D eigenvalue weighted by Gasteiger charge is 2.05. The lowest BCUT2D eigenvalue weighted by molar-refractivity contribution is -0.116. The number of ether oxygens (including phenoxy) is 1. The number of aromatic nitrogens is 2. The molecule has 1 heterocycles. The Bertz CT molecular complexity index is 1170. The van der Waals surface area contributed by atoms with Crippen molar-refractivity contribution in [3.8, 4) is 0 Å². The largest absolute Gasteiger partial charge is 0.450 e. The molecule has 3 aromatic rings. The van der Waals surface area contributed by atoms with Gasteiger partial charge >= 0.3 is 6.09 Å². The zero-order valence-corrected chi connectivity index (χ0v) is 20.9. The van der Waals surface area contributed by atoms with Crippen LogP contribution in [0.4, 0.5) is 16.2 Å². The predicted molar refractivity (Wildman–Crippen MR) is 138 cm³/mol. The Morgan fingerprint density at radius 1 is 0.971 bits per heavy atom. The molecule has 0 atom stereocenters. The molecular formula is C26H33N5O4. The highest BCUT2D eigenvalue weighted by molar-refractivity contribution is 5.92. The molecule has 9 heteroatoms. The number of benzene rings is 2. The molecule has 2 N–H and O–H groups in total. The van der Waals surface area contributed by atoms with Gasteiger partial charge in [-0.3, -0.25) is 14.9 Å². The van der Waals surface area contributed by atoms with Gasteiger partial charge in [-0.1, -0.05) is 29.8 Å². The maximum Gasteiger partial charge on any atom is 0.411 e. The summed E-state index contributed by atoms with van der Waals surface area (Å²) in [5.41, 5.74) is 4.13. The average Bonchev–Trinajstić information content (AvgIpc) is 2.78. The lowest BCUT2D eigenvalue weighted by atomic mass is 10.2. The van der Waals surface area contributed by atoms with E-state index in [4.69, 9.17) is 4.74 Å². The Labute approximate surface area is 205 Å². The van der Waals surface area contributed by atoms with Gasteiger partial charge < -0.3 is 15.0 Å². The minimum absolute atomic E-state index is 0.0128. The number of hydrogen-bond donors (Lipinski definition) is 2. The van der Waals surface area contributed by atoms with Crippen LogP contribution in [0.5, 0.6) is 0 Å². The highest BCUT2D eigenvalue weighted by atomic mass is 16.5. The van der Waals surface area contributed by atoms with Crippen LogP contribution >= 0.6 is 0 Å². The van der Waals surface area contributed by atoms with Gasteiger partial charge in [0.1, 0.15) is 0 Å². The van der Waals surface area contributed by atoms with E-state index in [1.165, 1.54) is 16.3 Å². The zero-order valence-electron chi connectivity index (χ0n) is 20.9. The summed E-state index contributed by atoms with van der Waals surface area (Å²) in [6, 6.07) is 18.1. The van der Waals surface area contributed by atoms with Gasteiger partial charge in [0.2, 0.25) is 5.91 Å². The van der Waals surface area contributed by atoms with Gasteiger partial charge in [0.05, 0.1) is 25.4 Å². The van der Waals surface area contributed by atoms with E-state index in [0.717, 1.165) is 16.9 Å². The van der Waals surface area contributed by atoms with Crippen LogP contribution in [0.2, 0.25) is 0 Å². The Hall–Kier alpha value is -3.98. The first kappa shape index (κ1) is 27.3. The van der Waals surface area contributed by atoms with E-state index in [1.54, 1.807) is 31.2 Å². The van der Waals surface area contributed by atoms with E-state index in [0.29, 0.717) is 25.4 Å². The molecule has 0 bridgehead atoms. The Morgan fingerprint density at radius 2 is 1.69 bits per heavy atom. The maximum absolute atomic E-state index is 11.7. The van der Waals surface area contributed by atoms with Gasteiger partial charge in [-0.25, -0.2) is 9.48 Å². The number of anilines is 2. The molecule has 0 radical (unpaired) electrons. The second-order valence-corrected chi connectivity index (χ2v) is 8.17. The zero-order chi connectivity index (χ0) is 25.8. The van der Waals surface area contributed by atoms with Crippen molar-refractivity contribution in [1.82, 2.24) is 14.7 Å². The van der Waals surface area contributed by atoms with Gasteiger partial charge in [-0.2, -0.15) is 5.10 Å². The number of aryl methyl sites for hydroxylation is 2. The summed E-state index contributed by atoms with van der Waals surface area (Å²) in [5, 5.41) is 9.63. The summed E-state index contributed by atoms with van der Waals surface area (Å²) in [5.74, 6) is 0.0128. The number of carbonyl (C=O) groups excluding carboxylic acids is 2. The number of nitrogens with zero attached hydrogens (tertiary/aromatic N) is 3. The predicted octanol–water partition coefficient (Wildman–Crippen LogP) is 3.66. The first-order chi connectivity index (χ1) is 16.7.